The van der Waals surface area contributed by atoms with Gasteiger partial charge in [0.25, 0.3) is 5.91 Å². The molecule has 2 aromatic carbocycles. The van der Waals surface area contributed by atoms with E-state index in [1.165, 1.54) is 24.9 Å². The zero-order valence-electron chi connectivity index (χ0n) is 21.9. The van der Waals surface area contributed by atoms with Crippen molar-refractivity contribution >= 4 is 40.5 Å². The number of amides is 1. The topological polar surface area (TPSA) is 136 Å². The number of aromatic nitrogens is 3. The summed E-state index contributed by atoms with van der Waals surface area (Å²) in [6, 6.07) is 6.45. The maximum Gasteiger partial charge on any atom is 0.360 e. The second-order valence-electron chi connectivity index (χ2n) is 9.42. The van der Waals surface area contributed by atoms with Gasteiger partial charge in [0.05, 0.1) is 45.9 Å². The van der Waals surface area contributed by atoms with E-state index in [4.69, 9.17) is 11.6 Å². The Labute approximate surface area is 228 Å². The number of nitro benzene ring substituents is 1. The second-order valence-corrected chi connectivity index (χ2v) is 9.80. The number of piperazine rings is 1. The van der Waals surface area contributed by atoms with Crippen LogP contribution in [0.15, 0.2) is 30.5 Å². The Balaban J connectivity index is 1.78. The van der Waals surface area contributed by atoms with Gasteiger partial charge in [-0.3, -0.25) is 19.8 Å². The number of esters is 1. The number of nitro groups is 1. The van der Waals surface area contributed by atoms with Gasteiger partial charge in [0.15, 0.2) is 5.69 Å². The first-order valence-electron chi connectivity index (χ1n) is 12.0. The zero-order valence-corrected chi connectivity index (χ0v) is 22.7. The molecule has 1 aliphatic rings. The Morgan fingerprint density at radius 2 is 1.90 bits per heavy atom. The third-order valence-electron chi connectivity index (χ3n) is 6.92. The van der Waals surface area contributed by atoms with Gasteiger partial charge < -0.3 is 15.0 Å². The van der Waals surface area contributed by atoms with Crippen molar-refractivity contribution in [2.24, 2.45) is 0 Å². The van der Waals surface area contributed by atoms with E-state index in [0.717, 1.165) is 6.07 Å². The average molecular weight is 560 g/mol. The summed E-state index contributed by atoms with van der Waals surface area (Å²) in [6.45, 7) is 6.80. The monoisotopic (exact) mass is 559 g/mol. The number of methoxy groups -OCH3 is 1. The van der Waals surface area contributed by atoms with E-state index < -0.39 is 28.3 Å². The van der Waals surface area contributed by atoms with Crippen molar-refractivity contribution < 1.29 is 23.6 Å². The van der Waals surface area contributed by atoms with Gasteiger partial charge in [0.1, 0.15) is 0 Å². The molecule has 14 heteroatoms. The Kier molecular flexibility index (Phi) is 7.84. The lowest BCUT2D eigenvalue weighted by Gasteiger charge is -2.44. The smallest absolute Gasteiger partial charge is 0.360 e. The van der Waals surface area contributed by atoms with Gasteiger partial charge in [0.2, 0.25) is 5.82 Å². The van der Waals surface area contributed by atoms with Crippen molar-refractivity contribution in [2.75, 3.05) is 37.5 Å². The molecule has 1 N–H and O–H groups in total. The van der Waals surface area contributed by atoms with Crippen molar-refractivity contribution in [3.63, 3.8) is 0 Å². The van der Waals surface area contributed by atoms with Crippen LogP contribution < -0.4 is 10.2 Å². The molecule has 0 unspecified atom stereocenters. The van der Waals surface area contributed by atoms with Gasteiger partial charge in [-0.1, -0.05) is 16.8 Å². The number of carbonyl (C=O) groups is 2. The summed E-state index contributed by atoms with van der Waals surface area (Å²) in [5.41, 5.74) is 0.218. The third kappa shape index (κ3) is 5.40. The number of ether oxygens (including phenoxy) is 1. The molecule has 2 heterocycles. The van der Waals surface area contributed by atoms with Gasteiger partial charge in [0, 0.05) is 36.8 Å². The van der Waals surface area contributed by atoms with Crippen LogP contribution in [0.4, 0.5) is 21.5 Å². The number of likely N-dealkylation sites (N-methyl/N-ethyl adjacent to an activating group) is 1. The van der Waals surface area contributed by atoms with Crippen LogP contribution in [0.25, 0.3) is 5.69 Å². The lowest BCUT2D eigenvalue weighted by molar-refractivity contribution is -0.387. The fourth-order valence-corrected chi connectivity index (χ4v) is 4.70. The number of rotatable bonds is 6. The first-order chi connectivity index (χ1) is 18.4. The molecule has 1 fully saturated rings. The normalized spacial score (nSPS) is 17.7. The molecule has 206 valence electrons. The molecule has 3 aromatic rings. The van der Waals surface area contributed by atoms with Crippen LogP contribution in [0.5, 0.6) is 0 Å². The molecule has 39 heavy (non-hydrogen) atoms. The predicted molar refractivity (Wildman–Crippen MR) is 142 cm³/mol. The van der Waals surface area contributed by atoms with Crippen LogP contribution in [0.2, 0.25) is 5.02 Å². The molecule has 0 radical (unpaired) electrons. The lowest BCUT2D eigenvalue weighted by Crippen LogP contribution is -2.55. The average Bonchev–Trinajstić information content (AvgIpc) is 3.40. The van der Waals surface area contributed by atoms with Gasteiger partial charge in [-0.2, -0.15) is 4.39 Å². The molecule has 2 atom stereocenters. The number of hydrogen-bond acceptors (Lipinski definition) is 9. The zero-order chi connectivity index (χ0) is 28.6. The highest BCUT2D eigenvalue weighted by Gasteiger charge is 2.30. The van der Waals surface area contributed by atoms with E-state index in [0.29, 0.717) is 30.2 Å². The first-order valence-corrected chi connectivity index (χ1v) is 12.4. The van der Waals surface area contributed by atoms with Crippen molar-refractivity contribution in [2.45, 2.75) is 32.9 Å². The first kappa shape index (κ1) is 27.9. The highest BCUT2D eigenvalue weighted by molar-refractivity contribution is 6.35. The number of nitrogens with zero attached hydrogens (tertiary/aromatic N) is 6. The largest absolute Gasteiger partial charge is 0.464 e. The molecular formula is C25H27ClFN7O5. The molecule has 1 amide bonds. The van der Waals surface area contributed by atoms with E-state index in [-0.39, 0.29) is 33.9 Å². The standard InChI is InChI=1S/C25H27ClFN7O5/c1-13-10-32(11-14(2)31(13)4)20-7-6-16(33-12-19(29-30-33)25(36)39-5)8-18(20)28-24(35)17-9-21(34(37)38)23(27)15(3)22(17)26/h6-9,12-14H,10-11H2,1-5H3,(H,28,35)/t13-,14+. The fourth-order valence-electron chi connectivity index (χ4n) is 4.47. The molecule has 0 aliphatic carbocycles. The second kappa shape index (κ2) is 10.9. The summed E-state index contributed by atoms with van der Waals surface area (Å²) in [5, 5.41) is 21.7. The molecule has 1 aromatic heterocycles. The Morgan fingerprint density at radius 1 is 1.23 bits per heavy atom. The van der Waals surface area contributed by atoms with E-state index >= 15 is 0 Å². The van der Waals surface area contributed by atoms with Gasteiger partial charge in [-0.05, 0) is 46.0 Å². The highest BCUT2D eigenvalue weighted by Crippen LogP contribution is 2.34. The highest BCUT2D eigenvalue weighted by atomic mass is 35.5. The molecule has 0 saturated carbocycles. The molecule has 1 aliphatic heterocycles. The van der Waals surface area contributed by atoms with Crippen LogP contribution in [-0.2, 0) is 4.74 Å². The molecule has 4 rings (SSSR count). The number of nitrogens with one attached hydrogen (secondary N) is 1. The van der Waals surface area contributed by atoms with Crippen molar-refractivity contribution in [1.82, 2.24) is 19.9 Å². The van der Waals surface area contributed by atoms with E-state index in [9.17, 15) is 24.1 Å². The van der Waals surface area contributed by atoms with Crippen LogP contribution in [0.1, 0.15) is 40.3 Å². The molecule has 1 saturated heterocycles. The minimum atomic E-state index is -1.10. The maximum atomic E-state index is 14.4. The third-order valence-corrected chi connectivity index (χ3v) is 7.41. The van der Waals surface area contributed by atoms with Crippen LogP contribution >= 0.6 is 11.6 Å². The molecule has 0 bridgehead atoms. The summed E-state index contributed by atoms with van der Waals surface area (Å²) < 4.78 is 20.4. The Bertz CT molecular complexity index is 1450. The Hall–Kier alpha value is -4.10. The Morgan fingerprint density at radius 3 is 2.51 bits per heavy atom. The van der Waals surface area contributed by atoms with Crippen molar-refractivity contribution in [3.05, 3.63) is 68.2 Å². The van der Waals surface area contributed by atoms with Crippen molar-refractivity contribution in [3.8, 4) is 5.69 Å². The number of carbonyl (C=O) groups excluding carboxylic acids is 2. The summed E-state index contributed by atoms with van der Waals surface area (Å²) in [7, 11) is 3.28. The minimum absolute atomic E-state index is 0.00485. The van der Waals surface area contributed by atoms with Gasteiger partial charge in [-0.25, -0.2) is 9.48 Å². The quantitative estimate of drug-likeness (QED) is 0.271. The van der Waals surface area contributed by atoms with Crippen LogP contribution in [-0.4, -0.2) is 76.0 Å². The van der Waals surface area contributed by atoms with Gasteiger partial charge >= 0.3 is 11.7 Å². The fraction of sp³-hybridized carbons (Fsp3) is 0.360. The molecule has 0 spiro atoms. The SMILES string of the molecule is COC(=O)c1cn(-c2ccc(N3C[C@@H](C)N(C)[C@@H](C)C3)c(NC(=O)c3cc([N+](=O)[O-])c(F)c(C)c3Cl)c2)nn1. The van der Waals surface area contributed by atoms with E-state index in [1.807, 2.05) is 7.05 Å². The summed E-state index contributed by atoms with van der Waals surface area (Å²) in [6.07, 6.45) is 1.38. The van der Waals surface area contributed by atoms with E-state index in [1.54, 1.807) is 18.2 Å². The number of benzene rings is 2. The minimum Gasteiger partial charge on any atom is -0.464 e. The predicted octanol–water partition coefficient (Wildman–Crippen LogP) is 3.84. The lowest BCUT2D eigenvalue weighted by atomic mass is 10.1. The van der Waals surface area contributed by atoms with Crippen LogP contribution in [0, 0.1) is 22.9 Å². The number of anilines is 2. The van der Waals surface area contributed by atoms with Crippen molar-refractivity contribution in [1.29, 1.82) is 0 Å². The number of halogens is 2. The van der Waals surface area contributed by atoms with Gasteiger partial charge in [-0.15, -0.1) is 5.10 Å². The summed E-state index contributed by atoms with van der Waals surface area (Å²) >= 11 is 6.25. The maximum absolute atomic E-state index is 14.4. The van der Waals surface area contributed by atoms with E-state index in [2.05, 4.69) is 44.0 Å². The summed E-state index contributed by atoms with van der Waals surface area (Å²) in [5.74, 6) is -2.51. The van der Waals surface area contributed by atoms with Crippen LogP contribution in [0.3, 0.4) is 0 Å². The summed E-state index contributed by atoms with van der Waals surface area (Å²) in [4.78, 5) is 40.1. The number of hydrogen-bond donors (Lipinski definition) is 1. The molecule has 12 nitrogen and oxygen atoms in total. The molecular weight excluding hydrogens is 533 g/mol.